The normalized spacial score (nSPS) is 13.0. The van der Waals surface area contributed by atoms with Gasteiger partial charge in [-0.2, -0.15) is 0 Å². The zero-order valence-corrected chi connectivity index (χ0v) is 10.8. The molecule has 0 spiro atoms. The van der Waals surface area contributed by atoms with Crippen LogP contribution in [0.4, 0.5) is 0 Å². The molecule has 3 aromatic rings. The highest BCUT2D eigenvalue weighted by atomic mass is 32.1. The fourth-order valence-electron chi connectivity index (χ4n) is 1.75. The molecular weight excluding hydrogens is 246 g/mol. The summed E-state index contributed by atoms with van der Waals surface area (Å²) in [4.78, 5) is 8.72. The number of thiazole rings is 1. The van der Waals surface area contributed by atoms with Gasteiger partial charge >= 0.3 is 0 Å². The highest BCUT2D eigenvalue weighted by Gasteiger charge is 2.10. The molecule has 1 aromatic carbocycles. The Bertz CT molecular complexity index is 673. The monoisotopic (exact) mass is 259 g/mol. The third-order valence-electron chi connectivity index (χ3n) is 2.96. The summed E-state index contributed by atoms with van der Waals surface area (Å²) < 4.78 is 5.30. The van der Waals surface area contributed by atoms with Crippen LogP contribution in [0.1, 0.15) is 18.5 Å². The van der Waals surface area contributed by atoms with E-state index in [2.05, 4.69) is 22.3 Å². The molecule has 0 aliphatic rings. The minimum atomic E-state index is 0.295. The second-order valence-corrected chi connectivity index (χ2v) is 5.11. The number of hydrogen-bond donors (Lipinski definition) is 1. The molecule has 0 saturated carbocycles. The Morgan fingerprint density at radius 3 is 3.17 bits per heavy atom. The van der Waals surface area contributed by atoms with Crippen molar-refractivity contribution in [2.24, 2.45) is 5.73 Å². The van der Waals surface area contributed by atoms with Crippen LogP contribution in [0.2, 0.25) is 0 Å². The molecule has 2 N–H and O–H groups in total. The third-order valence-corrected chi connectivity index (χ3v) is 3.87. The largest absolute Gasteiger partial charge is 0.443 e. The number of nitrogens with two attached hydrogens (primary N) is 1. The number of aromatic nitrogens is 2. The summed E-state index contributed by atoms with van der Waals surface area (Å²) in [5.41, 5.74) is 9.41. The molecule has 0 bridgehead atoms. The highest BCUT2D eigenvalue weighted by molar-refractivity contribution is 7.13. The van der Waals surface area contributed by atoms with E-state index in [0.29, 0.717) is 12.5 Å². The third kappa shape index (κ3) is 1.91. The van der Waals surface area contributed by atoms with E-state index in [1.807, 2.05) is 18.2 Å². The summed E-state index contributed by atoms with van der Waals surface area (Å²) in [6.07, 6.45) is 1.46. The Kier molecular flexibility index (Phi) is 2.85. The quantitative estimate of drug-likeness (QED) is 0.785. The first-order chi connectivity index (χ1) is 8.78. The minimum absolute atomic E-state index is 0.295. The Morgan fingerprint density at radius 2 is 2.33 bits per heavy atom. The van der Waals surface area contributed by atoms with Crippen molar-refractivity contribution in [3.63, 3.8) is 0 Å². The van der Waals surface area contributed by atoms with E-state index in [4.69, 9.17) is 10.2 Å². The lowest BCUT2D eigenvalue weighted by atomic mass is 10.1. The van der Waals surface area contributed by atoms with Gasteiger partial charge in [0.15, 0.2) is 12.0 Å². The topological polar surface area (TPSA) is 64.9 Å². The molecule has 2 aromatic heterocycles. The van der Waals surface area contributed by atoms with Crippen molar-refractivity contribution in [1.29, 1.82) is 0 Å². The molecule has 1 unspecified atom stereocenters. The van der Waals surface area contributed by atoms with Gasteiger partial charge in [-0.1, -0.05) is 6.92 Å². The summed E-state index contributed by atoms with van der Waals surface area (Å²) in [7, 11) is 0. The standard InChI is InChI=1S/C13H13N3OS/c1-8(5-14)11-6-18-13(16-11)9-2-3-10-12(4-9)17-7-15-10/h2-4,6-8H,5,14H2,1H3. The minimum Gasteiger partial charge on any atom is -0.443 e. The Balaban J connectivity index is 2.00. The van der Waals surface area contributed by atoms with E-state index in [1.54, 1.807) is 11.3 Å². The van der Waals surface area contributed by atoms with Crippen LogP contribution in [0.15, 0.2) is 34.4 Å². The van der Waals surface area contributed by atoms with E-state index in [0.717, 1.165) is 27.4 Å². The van der Waals surface area contributed by atoms with Crippen molar-refractivity contribution in [3.8, 4) is 10.6 Å². The lowest BCUT2D eigenvalue weighted by molar-refractivity contribution is 0.602. The molecule has 92 valence electrons. The smallest absolute Gasteiger partial charge is 0.181 e. The number of rotatable bonds is 3. The number of hydrogen-bond acceptors (Lipinski definition) is 5. The molecular formula is C13H13N3OS. The van der Waals surface area contributed by atoms with Crippen molar-refractivity contribution in [2.45, 2.75) is 12.8 Å². The lowest BCUT2D eigenvalue weighted by Crippen LogP contribution is -2.08. The van der Waals surface area contributed by atoms with E-state index >= 15 is 0 Å². The zero-order chi connectivity index (χ0) is 12.5. The van der Waals surface area contributed by atoms with E-state index in [-0.39, 0.29) is 0 Å². The molecule has 0 aliphatic heterocycles. The molecule has 0 aliphatic carbocycles. The molecule has 0 amide bonds. The van der Waals surface area contributed by atoms with Gasteiger partial charge in [0.1, 0.15) is 10.5 Å². The van der Waals surface area contributed by atoms with Crippen molar-refractivity contribution in [1.82, 2.24) is 9.97 Å². The number of benzene rings is 1. The maximum absolute atomic E-state index is 5.65. The van der Waals surface area contributed by atoms with Gasteiger partial charge < -0.3 is 10.2 Å². The molecule has 0 saturated heterocycles. The molecule has 0 radical (unpaired) electrons. The maximum atomic E-state index is 5.65. The van der Waals surface area contributed by atoms with Crippen LogP contribution in [0, 0.1) is 0 Å². The predicted octanol–water partition coefficient (Wildman–Crippen LogP) is 3.01. The van der Waals surface area contributed by atoms with Gasteiger partial charge in [-0.05, 0) is 18.2 Å². The van der Waals surface area contributed by atoms with Crippen molar-refractivity contribution in [2.75, 3.05) is 6.54 Å². The van der Waals surface area contributed by atoms with Crippen LogP contribution < -0.4 is 5.73 Å². The van der Waals surface area contributed by atoms with Crippen LogP contribution in [-0.4, -0.2) is 16.5 Å². The zero-order valence-electron chi connectivity index (χ0n) is 9.96. The van der Waals surface area contributed by atoms with Gasteiger partial charge in [0, 0.05) is 23.4 Å². The van der Waals surface area contributed by atoms with Gasteiger partial charge in [0.2, 0.25) is 0 Å². The van der Waals surface area contributed by atoms with Crippen molar-refractivity contribution in [3.05, 3.63) is 35.7 Å². The first kappa shape index (κ1) is 11.4. The fourth-order valence-corrected chi connectivity index (χ4v) is 2.69. The summed E-state index contributed by atoms with van der Waals surface area (Å²) >= 11 is 1.63. The van der Waals surface area contributed by atoms with Crippen molar-refractivity contribution >= 4 is 22.4 Å². The second-order valence-electron chi connectivity index (χ2n) is 4.25. The van der Waals surface area contributed by atoms with Gasteiger partial charge in [-0.3, -0.25) is 0 Å². The fraction of sp³-hybridized carbons (Fsp3) is 0.231. The lowest BCUT2D eigenvalue weighted by Gasteiger charge is -2.02. The molecule has 0 fully saturated rings. The summed E-state index contributed by atoms with van der Waals surface area (Å²) in [6, 6.07) is 5.93. The van der Waals surface area contributed by atoms with Gasteiger partial charge in [-0.15, -0.1) is 11.3 Å². The molecule has 5 heteroatoms. The first-order valence-corrected chi connectivity index (χ1v) is 6.65. The van der Waals surface area contributed by atoms with Crippen molar-refractivity contribution < 1.29 is 4.42 Å². The summed E-state index contributed by atoms with van der Waals surface area (Å²) in [5, 5.41) is 3.06. The molecule has 3 rings (SSSR count). The molecule has 1 atom stereocenters. The Labute approximate surface area is 108 Å². The molecule has 4 nitrogen and oxygen atoms in total. The summed E-state index contributed by atoms with van der Waals surface area (Å²) in [6.45, 7) is 2.70. The van der Waals surface area contributed by atoms with E-state index in [9.17, 15) is 0 Å². The molecule has 18 heavy (non-hydrogen) atoms. The number of nitrogens with zero attached hydrogens (tertiary/aromatic N) is 2. The van der Waals surface area contributed by atoms with Crippen LogP contribution in [0.3, 0.4) is 0 Å². The Morgan fingerprint density at radius 1 is 1.44 bits per heavy atom. The van der Waals surface area contributed by atoms with Crippen LogP contribution in [0.5, 0.6) is 0 Å². The number of oxazole rings is 1. The van der Waals surface area contributed by atoms with Gasteiger partial charge in [0.05, 0.1) is 5.69 Å². The summed E-state index contributed by atoms with van der Waals surface area (Å²) in [5.74, 6) is 0.295. The predicted molar refractivity (Wildman–Crippen MR) is 72.6 cm³/mol. The molecule has 2 heterocycles. The first-order valence-electron chi connectivity index (χ1n) is 5.77. The second kappa shape index (κ2) is 4.51. The van der Waals surface area contributed by atoms with Gasteiger partial charge in [0.25, 0.3) is 0 Å². The maximum Gasteiger partial charge on any atom is 0.181 e. The average molecular weight is 259 g/mol. The van der Waals surface area contributed by atoms with Crippen LogP contribution in [-0.2, 0) is 0 Å². The van der Waals surface area contributed by atoms with E-state index in [1.165, 1.54) is 6.39 Å². The SMILES string of the molecule is CC(CN)c1csc(-c2ccc3ncoc3c2)n1. The van der Waals surface area contributed by atoms with Gasteiger partial charge in [-0.25, -0.2) is 9.97 Å². The average Bonchev–Trinajstić information content (AvgIpc) is 3.05. The van der Waals surface area contributed by atoms with Crippen LogP contribution >= 0.6 is 11.3 Å². The highest BCUT2D eigenvalue weighted by Crippen LogP contribution is 2.28. The number of fused-ring (bicyclic) bond motifs is 1. The Hall–Kier alpha value is -1.72. The van der Waals surface area contributed by atoms with Crippen LogP contribution in [0.25, 0.3) is 21.7 Å². The van der Waals surface area contributed by atoms with E-state index < -0.39 is 0 Å².